The summed E-state index contributed by atoms with van der Waals surface area (Å²) in [5.41, 5.74) is 1.63. The van der Waals surface area contributed by atoms with Crippen molar-refractivity contribution in [3.05, 3.63) is 53.7 Å². The average Bonchev–Trinajstić information content (AvgIpc) is 2.98. The molecule has 0 saturated carbocycles. The van der Waals surface area contributed by atoms with Crippen LogP contribution in [0.3, 0.4) is 0 Å². The highest BCUT2D eigenvalue weighted by atomic mass is 16.4. The molecule has 0 unspecified atom stereocenters. The fourth-order valence-electron chi connectivity index (χ4n) is 2.67. The van der Waals surface area contributed by atoms with Gasteiger partial charge in [0.1, 0.15) is 6.54 Å². The number of nitrogens with zero attached hydrogens (tertiary/aromatic N) is 3. The Bertz CT molecular complexity index is 833. The lowest BCUT2D eigenvalue weighted by atomic mass is 10.1. The van der Waals surface area contributed by atoms with E-state index < -0.39 is 0 Å². The standard InChI is InChI=1S/C15H11N3O2/c1-9-16-17-13(20-9)8-18-12-7-3-5-10-4-2-6-11(14(10)12)15(18)19/h2-7H,8H2,1H3. The van der Waals surface area contributed by atoms with Gasteiger partial charge in [-0.2, -0.15) is 0 Å². The number of hydrogen-bond donors (Lipinski definition) is 0. The highest BCUT2D eigenvalue weighted by Crippen LogP contribution is 2.37. The van der Waals surface area contributed by atoms with Gasteiger partial charge in [0.25, 0.3) is 5.91 Å². The number of aromatic nitrogens is 2. The summed E-state index contributed by atoms with van der Waals surface area (Å²) in [4.78, 5) is 14.2. The Morgan fingerprint density at radius 1 is 1.15 bits per heavy atom. The number of aryl methyl sites for hydroxylation is 1. The number of benzene rings is 2. The molecule has 2 heterocycles. The fourth-order valence-corrected chi connectivity index (χ4v) is 2.67. The molecule has 5 nitrogen and oxygen atoms in total. The Labute approximate surface area is 114 Å². The van der Waals surface area contributed by atoms with E-state index in [4.69, 9.17) is 4.42 Å². The number of anilines is 1. The predicted octanol–water partition coefficient (Wildman–Crippen LogP) is 2.69. The van der Waals surface area contributed by atoms with E-state index in [2.05, 4.69) is 10.2 Å². The first-order valence-electron chi connectivity index (χ1n) is 6.36. The van der Waals surface area contributed by atoms with Crippen LogP contribution in [0.2, 0.25) is 0 Å². The molecule has 0 aliphatic carbocycles. The van der Waals surface area contributed by atoms with Crippen LogP contribution in [0.25, 0.3) is 10.8 Å². The molecular formula is C15H11N3O2. The molecular weight excluding hydrogens is 254 g/mol. The summed E-state index contributed by atoms with van der Waals surface area (Å²) < 4.78 is 5.37. The van der Waals surface area contributed by atoms with Crippen molar-refractivity contribution in [1.29, 1.82) is 0 Å². The molecule has 0 N–H and O–H groups in total. The van der Waals surface area contributed by atoms with Gasteiger partial charge in [0, 0.05) is 17.9 Å². The smallest absolute Gasteiger partial charge is 0.259 e. The summed E-state index contributed by atoms with van der Waals surface area (Å²) in [5, 5.41) is 9.82. The maximum absolute atomic E-state index is 12.5. The number of carbonyl (C=O) groups is 1. The topological polar surface area (TPSA) is 59.2 Å². The molecule has 0 bridgehead atoms. The van der Waals surface area contributed by atoms with Crippen LogP contribution in [0.1, 0.15) is 22.1 Å². The molecule has 1 aliphatic rings. The van der Waals surface area contributed by atoms with Gasteiger partial charge in [-0.05, 0) is 17.5 Å². The summed E-state index contributed by atoms with van der Waals surface area (Å²) >= 11 is 0. The molecule has 2 aromatic carbocycles. The monoisotopic (exact) mass is 265 g/mol. The summed E-state index contributed by atoms with van der Waals surface area (Å²) in [6.45, 7) is 2.03. The second-order valence-electron chi connectivity index (χ2n) is 4.79. The van der Waals surface area contributed by atoms with Crippen LogP contribution >= 0.6 is 0 Å². The van der Waals surface area contributed by atoms with Crippen LogP contribution in [0, 0.1) is 6.92 Å². The largest absolute Gasteiger partial charge is 0.424 e. The van der Waals surface area contributed by atoms with Crippen LogP contribution in [0.4, 0.5) is 5.69 Å². The van der Waals surface area contributed by atoms with Gasteiger partial charge in [0.15, 0.2) is 0 Å². The summed E-state index contributed by atoms with van der Waals surface area (Å²) in [6, 6.07) is 11.7. The van der Waals surface area contributed by atoms with Gasteiger partial charge < -0.3 is 4.42 Å². The molecule has 0 atom stereocenters. The lowest BCUT2D eigenvalue weighted by Gasteiger charge is -2.14. The van der Waals surface area contributed by atoms with Crippen molar-refractivity contribution in [2.45, 2.75) is 13.5 Å². The molecule has 0 fully saturated rings. The number of rotatable bonds is 2. The van der Waals surface area contributed by atoms with E-state index >= 15 is 0 Å². The highest BCUT2D eigenvalue weighted by molar-refractivity contribution is 6.24. The molecule has 1 aromatic heterocycles. The van der Waals surface area contributed by atoms with Gasteiger partial charge in [-0.15, -0.1) is 10.2 Å². The van der Waals surface area contributed by atoms with Crippen LogP contribution in [0.15, 0.2) is 40.8 Å². The number of hydrogen-bond acceptors (Lipinski definition) is 4. The van der Waals surface area contributed by atoms with E-state index in [1.807, 2.05) is 36.4 Å². The van der Waals surface area contributed by atoms with Crippen LogP contribution < -0.4 is 4.90 Å². The summed E-state index contributed by atoms with van der Waals surface area (Å²) in [7, 11) is 0. The van der Waals surface area contributed by atoms with Crippen LogP contribution in [-0.2, 0) is 6.54 Å². The van der Waals surface area contributed by atoms with E-state index in [9.17, 15) is 4.79 Å². The van der Waals surface area contributed by atoms with E-state index in [1.54, 1.807) is 11.8 Å². The molecule has 4 rings (SSSR count). The molecule has 0 saturated heterocycles. The minimum absolute atomic E-state index is 0.0207. The van der Waals surface area contributed by atoms with E-state index in [1.165, 1.54) is 0 Å². The van der Waals surface area contributed by atoms with Gasteiger partial charge in [-0.1, -0.05) is 24.3 Å². The Morgan fingerprint density at radius 2 is 1.95 bits per heavy atom. The highest BCUT2D eigenvalue weighted by Gasteiger charge is 2.30. The maximum Gasteiger partial charge on any atom is 0.259 e. The van der Waals surface area contributed by atoms with Gasteiger partial charge in [-0.25, -0.2) is 0 Å². The second-order valence-corrected chi connectivity index (χ2v) is 4.79. The van der Waals surface area contributed by atoms with Crippen molar-refractivity contribution in [3.8, 4) is 0 Å². The molecule has 0 spiro atoms. The first kappa shape index (κ1) is 11.2. The molecule has 0 radical (unpaired) electrons. The predicted molar refractivity (Wildman–Crippen MR) is 73.5 cm³/mol. The van der Waals surface area contributed by atoms with Crippen LogP contribution in [0.5, 0.6) is 0 Å². The van der Waals surface area contributed by atoms with Crippen molar-refractivity contribution in [2.24, 2.45) is 0 Å². The third-order valence-corrected chi connectivity index (χ3v) is 3.51. The Balaban J connectivity index is 1.84. The van der Waals surface area contributed by atoms with Gasteiger partial charge >= 0.3 is 0 Å². The van der Waals surface area contributed by atoms with E-state index in [0.29, 0.717) is 18.3 Å². The van der Waals surface area contributed by atoms with Gasteiger partial charge in [0.2, 0.25) is 11.8 Å². The normalized spacial score (nSPS) is 13.4. The Kier molecular flexibility index (Phi) is 2.18. The zero-order valence-electron chi connectivity index (χ0n) is 10.8. The number of carbonyl (C=O) groups excluding carboxylic acids is 1. The van der Waals surface area contributed by atoms with Gasteiger partial charge in [0.05, 0.1) is 5.69 Å². The lowest BCUT2D eigenvalue weighted by molar-refractivity contribution is 0.0989. The van der Waals surface area contributed by atoms with Crippen molar-refractivity contribution in [2.75, 3.05) is 4.90 Å². The van der Waals surface area contributed by atoms with Crippen LogP contribution in [-0.4, -0.2) is 16.1 Å². The van der Waals surface area contributed by atoms with Crippen molar-refractivity contribution >= 4 is 22.4 Å². The van der Waals surface area contributed by atoms with Crippen molar-refractivity contribution in [3.63, 3.8) is 0 Å². The van der Waals surface area contributed by atoms with Crippen molar-refractivity contribution in [1.82, 2.24) is 10.2 Å². The third kappa shape index (κ3) is 1.46. The zero-order valence-corrected chi connectivity index (χ0v) is 10.8. The third-order valence-electron chi connectivity index (χ3n) is 3.51. The molecule has 1 amide bonds. The summed E-state index contributed by atoms with van der Waals surface area (Å²) in [5.74, 6) is 0.927. The Hall–Kier alpha value is -2.69. The SMILES string of the molecule is Cc1nnc(CN2C(=O)c3cccc4cccc2c34)o1. The molecule has 1 aliphatic heterocycles. The first-order chi connectivity index (χ1) is 9.74. The minimum Gasteiger partial charge on any atom is -0.424 e. The van der Waals surface area contributed by atoms with E-state index in [-0.39, 0.29) is 5.91 Å². The van der Waals surface area contributed by atoms with Gasteiger partial charge in [-0.3, -0.25) is 9.69 Å². The number of amides is 1. The Morgan fingerprint density at radius 3 is 2.70 bits per heavy atom. The maximum atomic E-state index is 12.5. The molecule has 5 heteroatoms. The first-order valence-corrected chi connectivity index (χ1v) is 6.36. The minimum atomic E-state index is -0.0207. The summed E-state index contributed by atoms with van der Waals surface area (Å²) in [6.07, 6.45) is 0. The molecule has 98 valence electrons. The second kappa shape index (κ2) is 3.90. The fraction of sp³-hybridized carbons (Fsp3) is 0.133. The average molecular weight is 265 g/mol. The van der Waals surface area contributed by atoms with E-state index in [0.717, 1.165) is 22.0 Å². The quantitative estimate of drug-likeness (QED) is 0.714. The lowest BCUT2D eigenvalue weighted by Crippen LogP contribution is -2.26. The van der Waals surface area contributed by atoms with Crippen molar-refractivity contribution < 1.29 is 9.21 Å². The molecule has 20 heavy (non-hydrogen) atoms. The zero-order chi connectivity index (χ0) is 13.7. The molecule has 3 aromatic rings.